The van der Waals surface area contributed by atoms with E-state index in [1.165, 1.54) is 17.3 Å². The molecule has 0 unspecified atom stereocenters. The van der Waals surface area contributed by atoms with Gasteiger partial charge in [0.05, 0.1) is 6.61 Å². The average Bonchev–Trinajstić information content (AvgIpc) is 3.52. The largest absolute Gasteiger partial charge is 0.462 e. The number of Topliss-reactive ketones (excluding diaryl/α,β-unsaturated/α-hetero) is 1. The molecule has 49 heavy (non-hydrogen) atoms. The van der Waals surface area contributed by atoms with Crippen molar-refractivity contribution in [2.75, 3.05) is 6.61 Å². The number of hydrogen-bond acceptors (Lipinski definition) is 13. The highest BCUT2D eigenvalue weighted by molar-refractivity contribution is 7.80. The van der Waals surface area contributed by atoms with Gasteiger partial charge < -0.3 is 29.2 Å². The molecule has 2 spiro atoms. The minimum absolute atomic E-state index is 0.0150. The van der Waals surface area contributed by atoms with Crippen molar-refractivity contribution in [3.05, 3.63) is 46.3 Å². The molecule has 13 heteroatoms. The quantitative estimate of drug-likeness (QED) is 0.112. The zero-order valence-electron chi connectivity index (χ0n) is 27.6. The molecule has 1 aromatic heterocycles. The number of fused-ring (bicyclic) bond motifs is 2. The Morgan fingerprint density at radius 2 is 1.78 bits per heavy atom. The topological polar surface area (TPSA) is 146 Å². The van der Waals surface area contributed by atoms with E-state index in [-0.39, 0.29) is 31.4 Å². The molecule has 3 heterocycles. The normalized spacial score (nSPS) is 36.8. The smallest absolute Gasteiger partial charge is 0.311 e. The number of aliphatic hydroxyl groups is 2. The number of ether oxygens (including phenoxy) is 4. The highest BCUT2D eigenvalue weighted by atomic mass is 32.9. The molecule has 9 atom stereocenters. The molecule has 4 saturated carbocycles. The maximum Gasteiger partial charge on any atom is 0.311 e. The highest BCUT2D eigenvalue weighted by Crippen LogP contribution is 2.77. The van der Waals surface area contributed by atoms with Crippen LogP contribution in [0.15, 0.2) is 42.5 Å². The first-order valence-corrected chi connectivity index (χ1v) is 19.3. The zero-order chi connectivity index (χ0) is 35.1. The molecule has 2 aromatic rings. The van der Waals surface area contributed by atoms with Crippen LogP contribution >= 0.6 is 32.9 Å². The van der Waals surface area contributed by atoms with Crippen molar-refractivity contribution < 1.29 is 48.3 Å². The summed E-state index contributed by atoms with van der Waals surface area (Å²) in [5.41, 5.74) is -2.12. The molecule has 4 aliphatic carbocycles. The summed E-state index contributed by atoms with van der Waals surface area (Å²) >= 11 is 5.20. The number of esters is 3. The Hall–Kier alpha value is -2.81. The van der Waals surface area contributed by atoms with E-state index in [9.17, 15) is 29.4 Å². The molecular formula is C36H40O10S3. The SMILES string of the molecule is C=C1C(=O)[C@]23[C@H](OC(=O)CCCC(=O)Oc4ccc(-c5cc(=S)ss5)cc4)[C@H]1CC[C@H]2[C@@]12CO[C@]3(O)[C@@H](O)[C@@H]1C(C)(C)CC[C@@H]2OC(C)=O. The number of hydrogen-bond donors (Lipinski definition) is 2. The summed E-state index contributed by atoms with van der Waals surface area (Å²) < 4.78 is 24.5. The number of benzene rings is 1. The van der Waals surface area contributed by atoms with E-state index in [0.717, 1.165) is 14.3 Å². The second-order valence-electron chi connectivity index (χ2n) is 14.9. The fourth-order valence-electron chi connectivity index (χ4n) is 10.2. The summed E-state index contributed by atoms with van der Waals surface area (Å²) in [6, 6.07) is 9.04. The summed E-state index contributed by atoms with van der Waals surface area (Å²) in [6.45, 7) is 9.42. The number of rotatable bonds is 8. The van der Waals surface area contributed by atoms with Crippen molar-refractivity contribution in [2.45, 2.75) is 89.8 Å². The summed E-state index contributed by atoms with van der Waals surface area (Å²) in [7, 11) is 3.10. The van der Waals surface area contributed by atoms with Crippen molar-refractivity contribution >= 4 is 56.6 Å². The molecule has 0 radical (unpaired) electrons. The lowest BCUT2D eigenvalue weighted by Crippen LogP contribution is -2.86. The molecule has 262 valence electrons. The second-order valence-corrected chi connectivity index (χ2v) is 17.8. The third-order valence-corrected chi connectivity index (χ3v) is 14.9. The van der Waals surface area contributed by atoms with Crippen LogP contribution in [-0.4, -0.2) is 64.6 Å². The number of carbonyl (C=O) groups excluding carboxylic acids is 4. The van der Waals surface area contributed by atoms with Gasteiger partial charge >= 0.3 is 17.9 Å². The van der Waals surface area contributed by atoms with Crippen LogP contribution in [0, 0.1) is 37.8 Å². The minimum atomic E-state index is -2.35. The van der Waals surface area contributed by atoms with Gasteiger partial charge in [0.15, 0.2) is 5.78 Å². The van der Waals surface area contributed by atoms with E-state index in [2.05, 4.69) is 6.58 Å². The van der Waals surface area contributed by atoms with Crippen molar-refractivity contribution in [3.8, 4) is 16.2 Å². The van der Waals surface area contributed by atoms with Gasteiger partial charge in [0.25, 0.3) is 0 Å². The maximum absolute atomic E-state index is 14.4. The van der Waals surface area contributed by atoms with Crippen LogP contribution in [0.4, 0.5) is 0 Å². The number of ketones is 1. The van der Waals surface area contributed by atoms with Gasteiger partial charge in [-0.05, 0) is 84.9 Å². The first-order chi connectivity index (χ1) is 23.2. The van der Waals surface area contributed by atoms with Crippen LogP contribution in [-0.2, 0) is 33.4 Å². The van der Waals surface area contributed by atoms with E-state index >= 15 is 0 Å². The standard InChI is InChI=1S/C36H40O10S3/c1-18-22-12-13-24-34-17-43-36(42,31(41)29(34)33(3,4)15-14-25(34)44-19(2)37)35(24,30(18)40)32(22)46-27(39)7-5-6-26(38)45-21-10-8-20(9-11-21)23-16-28(47)49-48-23/h8-11,16,22,24-25,29,31-32,41-42H,1,5-7,12-15,17H2,2-4H3/t22-,24-,25-,29+,31-,32+,34+,35-,36+/m0/s1. The van der Waals surface area contributed by atoms with Gasteiger partial charge in [0, 0.05) is 41.9 Å². The maximum atomic E-state index is 14.4. The van der Waals surface area contributed by atoms with Crippen LogP contribution in [0.5, 0.6) is 5.75 Å². The summed E-state index contributed by atoms with van der Waals surface area (Å²) in [6.07, 6.45) is -1.32. The molecule has 0 amide bonds. The highest BCUT2D eigenvalue weighted by Gasteiger charge is 2.88. The second kappa shape index (κ2) is 12.2. The van der Waals surface area contributed by atoms with Crippen molar-refractivity contribution in [2.24, 2.45) is 34.0 Å². The first-order valence-electron chi connectivity index (χ1n) is 16.7. The Labute approximate surface area is 296 Å². The van der Waals surface area contributed by atoms with Crippen LogP contribution in [0.2, 0.25) is 0 Å². The van der Waals surface area contributed by atoms with E-state index in [4.69, 9.17) is 31.2 Å². The molecule has 6 aliphatic rings. The van der Waals surface area contributed by atoms with Gasteiger partial charge in [-0.3, -0.25) is 19.2 Å². The van der Waals surface area contributed by atoms with Crippen LogP contribution in [0.3, 0.4) is 0 Å². The third-order valence-electron chi connectivity index (χ3n) is 12.0. The van der Waals surface area contributed by atoms with E-state index in [1.54, 1.807) is 22.5 Å². The minimum Gasteiger partial charge on any atom is -0.462 e. The van der Waals surface area contributed by atoms with E-state index in [0.29, 0.717) is 31.4 Å². The van der Waals surface area contributed by atoms with Crippen molar-refractivity contribution in [3.63, 3.8) is 0 Å². The van der Waals surface area contributed by atoms with Gasteiger partial charge in [-0.15, -0.1) is 0 Å². The van der Waals surface area contributed by atoms with Crippen molar-refractivity contribution in [1.82, 2.24) is 0 Å². The lowest BCUT2D eigenvalue weighted by molar-refractivity contribution is -0.458. The van der Waals surface area contributed by atoms with Crippen molar-refractivity contribution in [1.29, 1.82) is 0 Å². The Morgan fingerprint density at radius 3 is 2.45 bits per heavy atom. The third kappa shape index (κ3) is 5.05. The van der Waals surface area contributed by atoms with Gasteiger partial charge in [0.1, 0.15) is 33.3 Å². The van der Waals surface area contributed by atoms with E-state index < -0.39 is 81.8 Å². The molecule has 6 fully saturated rings. The fourth-order valence-corrected chi connectivity index (χ4v) is 12.6. The van der Waals surface area contributed by atoms with Gasteiger partial charge in [0.2, 0.25) is 5.79 Å². The molecule has 2 aliphatic heterocycles. The predicted molar refractivity (Wildman–Crippen MR) is 182 cm³/mol. The molecule has 10 nitrogen and oxygen atoms in total. The first kappa shape index (κ1) is 34.6. The zero-order valence-corrected chi connectivity index (χ0v) is 30.0. The Kier molecular flexibility index (Phi) is 8.59. The Bertz CT molecular complexity index is 1780. The van der Waals surface area contributed by atoms with Crippen LogP contribution in [0.25, 0.3) is 10.4 Å². The summed E-state index contributed by atoms with van der Waals surface area (Å²) in [4.78, 5) is 53.9. The van der Waals surface area contributed by atoms with Gasteiger partial charge in [-0.2, -0.15) is 0 Å². The number of carbonyl (C=O) groups is 4. The summed E-state index contributed by atoms with van der Waals surface area (Å²) in [5, 5.41) is 24.5. The molecule has 4 bridgehead atoms. The molecule has 8 rings (SSSR count). The van der Waals surface area contributed by atoms with E-state index in [1.807, 2.05) is 32.0 Å². The number of aliphatic hydroxyl groups excluding tert-OH is 1. The molecular weight excluding hydrogens is 689 g/mol. The fraction of sp³-hybridized carbons (Fsp3) is 0.583. The Balaban J connectivity index is 1.09. The Morgan fingerprint density at radius 1 is 1.06 bits per heavy atom. The monoisotopic (exact) mass is 728 g/mol. The molecule has 2 saturated heterocycles. The van der Waals surface area contributed by atoms with Gasteiger partial charge in [-0.25, -0.2) is 0 Å². The lowest BCUT2D eigenvalue weighted by Gasteiger charge is -2.74. The predicted octanol–water partition coefficient (Wildman–Crippen LogP) is 5.79. The van der Waals surface area contributed by atoms with Gasteiger partial charge in [-0.1, -0.05) is 53.3 Å². The average molecular weight is 729 g/mol. The summed E-state index contributed by atoms with van der Waals surface area (Å²) in [5.74, 6) is -5.84. The molecule has 1 aromatic carbocycles. The van der Waals surface area contributed by atoms with Crippen LogP contribution in [0.1, 0.15) is 65.7 Å². The lowest BCUT2D eigenvalue weighted by atomic mass is 9.35. The van der Waals surface area contributed by atoms with Crippen LogP contribution < -0.4 is 4.74 Å². The molecule has 2 N–H and O–H groups in total.